The molecule has 0 spiro atoms. The molecule has 1 rings (SSSR count). The van der Waals surface area contributed by atoms with Crippen molar-refractivity contribution in [1.82, 2.24) is 5.32 Å². The molecular weight excluding hydrogens is 196 g/mol. The molecule has 0 aromatic heterocycles. The van der Waals surface area contributed by atoms with Crippen LogP contribution in [0.3, 0.4) is 0 Å². The van der Waals surface area contributed by atoms with Gasteiger partial charge in [0, 0.05) is 19.2 Å². The van der Waals surface area contributed by atoms with Gasteiger partial charge in [-0.05, 0) is 19.3 Å². The first-order chi connectivity index (χ1) is 7.13. The summed E-state index contributed by atoms with van der Waals surface area (Å²) in [6, 6.07) is 0.317. The Balaban J connectivity index is 2.23. The van der Waals surface area contributed by atoms with Crippen LogP contribution < -0.4 is 11.1 Å². The number of nitrogens with two attached hydrogens (primary N) is 1. The molecule has 5 heteroatoms. The number of ether oxygens (including phenoxy) is 1. The highest BCUT2D eigenvalue weighted by Crippen LogP contribution is 2.15. The highest BCUT2D eigenvalue weighted by Gasteiger charge is 2.22. The zero-order valence-electron chi connectivity index (χ0n) is 9.11. The summed E-state index contributed by atoms with van der Waals surface area (Å²) < 4.78 is 5.52. The topological polar surface area (TPSA) is 84.6 Å². The van der Waals surface area contributed by atoms with Crippen molar-refractivity contribution in [3.05, 3.63) is 0 Å². The molecule has 0 aromatic rings. The molecule has 3 atom stereocenters. The van der Waals surface area contributed by atoms with Gasteiger partial charge in [0.2, 0.25) is 5.91 Å². The SMILES string of the molecule is CCC1CC(NCC(O)C(N)=O)CCO1. The molecular formula is C10H20N2O3. The Labute approximate surface area is 90.0 Å². The van der Waals surface area contributed by atoms with Crippen LogP contribution in [0.4, 0.5) is 0 Å². The number of nitrogens with one attached hydrogen (secondary N) is 1. The third-order valence-corrected chi connectivity index (χ3v) is 2.75. The van der Waals surface area contributed by atoms with Gasteiger partial charge >= 0.3 is 0 Å². The Bertz CT molecular complexity index is 211. The second kappa shape index (κ2) is 6.05. The molecule has 0 saturated carbocycles. The van der Waals surface area contributed by atoms with Gasteiger partial charge in [-0.1, -0.05) is 6.92 Å². The molecule has 1 fully saturated rings. The molecule has 88 valence electrons. The van der Waals surface area contributed by atoms with E-state index in [0.717, 1.165) is 25.9 Å². The second-order valence-electron chi connectivity index (χ2n) is 3.95. The molecule has 0 bridgehead atoms. The van der Waals surface area contributed by atoms with Gasteiger partial charge in [-0.25, -0.2) is 0 Å². The van der Waals surface area contributed by atoms with E-state index < -0.39 is 12.0 Å². The molecule has 1 heterocycles. The lowest BCUT2D eigenvalue weighted by Crippen LogP contribution is -2.45. The maximum absolute atomic E-state index is 10.6. The molecule has 0 aliphatic carbocycles. The lowest BCUT2D eigenvalue weighted by atomic mass is 10.0. The standard InChI is InChI=1S/C10H20N2O3/c1-2-8-5-7(3-4-15-8)12-6-9(13)10(11)14/h7-9,12-13H,2-6H2,1H3,(H2,11,14). The summed E-state index contributed by atoms with van der Waals surface area (Å²) in [6.07, 6.45) is 2.05. The van der Waals surface area contributed by atoms with Gasteiger partial charge < -0.3 is 20.9 Å². The fourth-order valence-corrected chi connectivity index (χ4v) is 1.73. The Hall–Kier alpha value is -0.650. The number of aliphatic hydroxyl groups excluding tert-OH is 1. The average Bonchev–Trinajstić information content (AvgIpc) is 2.26. The number of hydrogen-bond acceptors (Lipinski definition) is 4. The van der Waals surface area contributed by atoms with E-state index in [9.17, 15) is 9.90 Å². The van der Waals surface area contributed by atoms with Crippen LogP contribution in [-0.4, -0.2) is 42.4 Å². The number of aliphatic hydroxyl groups is 1. The van der Waals surface area contributed by atoms with E-state index in [1.54, 1.807) is 0 Å². The van der Waals surface area contributed by atoms with Crippen LogP contribution in [0.5, 0.6) is 0 Å². The van der Waals surface area contributed by atoms with Crippen molar-refractivity contribution >= 4 is 5.91 Å². The Morgan fingerprint density at radius 3 is 3.07 bits per heavy atom. The smallest absolute Gasteiger partial charge is 0.247 e. The maximum atomic E-state index is 10.6. The third-order valence-electron chi connectivity index (χ3n) is 2.75. The summed E-state index contributed by atoms with van der Waals surface area (Å²) in [6.45, 7) is 3.06. The zero-order valence-corrected chi connectivity index (χ0v) is 9.11. The fourth-order valence-electron chi connectivity index (χ4n) is 1.73. The molecule has 1 saturated heterocycles. The van der Waals surface area contributed by atoms with E-state index in [4.69, 9.17) is 10.5 Å². The summed E-state index contributed by atoms with van der Waals surface area (Å²) in [5.74, 6) is -0.679. The first-order valence-corrected chi connectivity index (χ1v) is 5.45. The van der Waals surface area contributed by atoms with Crippen molar-refractivity contribution in [3.63, 3.8) is 0 Å². The van der Waals surface area contributed by atoms with Crippen LogP contribution in [0.2, 0.25) is 0 Å². The quantitative estimate of drug-likeness (QED) is 0.572. The Morgan fingerprint density at radius 2 is 2.47 bits per heavy atom. The molecule has 5 nitrogen and oxygen atoms in total. The number of carbonyl (C=O) groups excluding carboxylic acids is 1. The summed E-state index contributed by atoms with van der Waals surface area (Å²) in [4.78, 5) is 10.6. The number of hydrogen-bond donors (Lipinski definition) is 3. The van der Waals surface area contributed by atoms with Crippen molar-refractivity contribution < 1.29 is 14.6 Å². The van der Waals surface area contributed by atoms with Crippen molar-refractivity contribution in [2.45, 2.75) is 44.4 Å². The highest BCUT2D eigenvalue weighted by molar-refractivity contribution is 5.78. The third kappa shape index (κ3) is 4.15. The van der Waals surface area contributed by atoms with E-state index in [-0.39, 0.29) is 6.54 Å². The predicted molar refractivity (Wildman–Crippen MR) is 56.3 cm³/mol. The first kappa shape index (κ1) is 12.4. The monoisotopic (exact) mass is 216 g/mol. The van der Waals surface area contributed by atoms with Gasteiger partial charge in [0.1, 0.15) is 6.10 Å². The summed E-state index contributed by atoms with van der Waals surface area (Å²) in [5.41, 5.74) is 4.95. The molecule has 1 aliphatic rings. The van der Waals surface area contributed by atoms with E-state index in [2.05, 4.69) is 12.2 Å². The van der Waals surface area contributed by atoms with E-state index in [0.29, 0.717) is 12.1 Å². The van der Waals surface area contributed by atoms with Gasteiger partial charge in [-0.3, -0.25) is 4.79 Å². The molecule has 4 N–H and O–H groups in total. The average molecular weight is 216 g/mol. The van der Waals surface area contributed by atoms with Gasteiger partial charge in [-0.15, -0.1) is 0 Å². The number of amides is 1. The van der Waals surface area contributed by atoms with E-state index >= 15 is 0 Å². The number of carbonyl (C=O) groups is 1. The minimum atomic E-state index is -1.09. The molecule has 15 heavy (non-hydrogen) atoms. The predicted octanol–water partition coefficient (Wildman–Crippen LogP) is -0.620. The first-order valence-electron chi connectivity index (χ1n) is 5.45. The zero-order chi connectivity index (χ0) is 11.3. The molecule has 1 amide bonds. The van der Waals surface area contributed by atoms with Crippen LogP contribution in [0.15, 0.2) is 0 Å². The summed E-state index contributed by atoms with van der Waals surface area (Å²) >= 11 is 0. The highest BCUT2D eigenvalue weighted by atomic mass is 16.5. The van der Waals surface area contributed by atoms with Gasteiger partial charge in [0.15, 0.2) is 0 Å². The lowest BCUT2D eigenvalue weighted by molar-refractivity contribution is -0.125. The van der Waals surface area contributed by atoms with Crippen molar-refractivity contribution in [2.75, 3.05) is 13.2 Å². The summed E-state index contributed by atoms with van der Waals surface area (Å²) in [5, 5.41) is 12.3. The minimum absolute atomic E-state index is 0.233. The lowest BCUT2D eigenvalue weighted by Gasteiger charge is -2.30. The van der Waals surface area contributed by atoms with E-state index in [1.165, 1.54) is 0 Å². The minimum Gasteiger partial charge on any atom is -0.382 e. The van der Waals surface area contributed by atoms with Crippen molar-refractivity contribution in [2.24, 2.45) is 5.73 Å². The van der Waals surface area contributed by atoms with Gasteiger partial charge in [0.05, 0.1) is 6.10 Å². The maximum Gasteiger partial charge on any atom is 0.247 e. The summed E-state index contributed by atoms with van der Waals surface area (Å²) in [7, 11) is 0. The molecule has 0 aromatic carbocycles. The van der Waals surface area contributed by atoms with Gasteiger partial charge in [0.25, 0.3) is 0 Å². The van der Waals surface area contributed by atoms with Crippen LogP contribution in [-0.2, 0) is 9.53 Å². The van der Waals surface area contributed by atoms with Crippen LogP contribution in [0.25, 0.3) is 0 Å². The Morgan fingerprint density at radius 1 is 1.73 bits per heavy atom. The van der Waals surface area contributed by atoms with Crippen LogP contribution in [0, 0.1) is 0 Å². The van der Waals surface area contributed by atoms with Crippen LogP contribution in [0.1, 0.15) is 26.2 Å². The fraction of sp³-hybridized carbons (Fsp3) is 0.900. The largest absolute Gasteiger partial charge is 0.382 e. The van der Waals surface area contributed by atoms with E-state index in [1.807, 2.05) is 0 Å². The Kier molecular flexibility index (Phi) is 5.01. The van der Waals surface area contributed by atoms with Crippen molar-refractivity contribution in [3.8, 4) is 0 Å². The number of rotatable bonds is 5. The van der Waals surface area contributed by atoms with Crippen LogP contribution >= 0.6 is 0 Å². The molecule has 0 radical (unpaired) electrons. The van der Waals surface area contributed by atoms with Crippen molar-refractivity contribution in [1.29, 1.82) is 0 Å². The normalized spacial score (nSPS) is 28.7. The number of primary amides is 1. The second-order valence-corrected chi connectivity index (χ2v) is 3.95. The molecule has 3 unspecified atom stereocenters. The molecule has 1 aliphatic heterocycles. The van der Waals surface area contributed by atoms with Gasteiger partial charge in [-0.2, -0.15) is 0 Å².